The van der Waals surface area contributed by atoms with E-state index in [0.717, 1.165) is 18.4 Å². The molecule has 0 saturated carbocycles. The minimum absolute atomic E-state index is 0.298. The first kappa shape index (κ1) is 14.6. The highest BCUT2D eigenvalue weighted by molar-refractivity contribution is 5.79. The molecule has 1 aromatic rings. The highest BCUT2D eigenvalue weighted by atomic mass is 17.2. The van der Waals surface area contributed by atoms with Crippen LogP contribution in [-0.4, -0.2) is 25.5 Å². The van der Waals surface area contributed by atoms with E-state index in [1.807, 2.05) is 42.6 Å². The molecular weight excluding hydrogens is 226 g/mol. The molecule has 0 N–H and O–H groups in total. The molecule has 0 radical (unpaired) electrons. The molecule has 0 aromatic heterocycles. The summed E-state index contributed by atoms with van der Waals surface area (Å²) < 4.78 is 0. The Morgan fingerprint density at radius 1 is 1.33 bits per heavy atom. The van der Waals surface area contributed by atoms with Gasteiger partial charge in [-0.1, -0.05) is 43.3 Å². The maximum atomic E-state index is 5.07. The van der Waals surface area contributed by atoms with E-state index in [4.69, 9.17) is 4.89 Å². The van der Waals surface area contributed by atoms with Crippen LogP contribution in [0.2, 0.25) is 0 Å². The molecule has 0 amide bonds. The van der Waals surface area contributed by atoms with Crippen LogP contribution in [0.3, 0.4) is 0 Å². The van der Waals surface area contributed by atoms with Gasteiger partial charge >= 0.3 is 0 Å². The van der Waals surface area contributed by atoms with Gasteiger partial charge in [-0.15, -0.1) is 6.58 Å². The molecule has 0 aliphatic rings. The normalized spacial score (nSPS) is 14.6. The van der Waals surface area contributed by atoms with Gasteiger partial charge in [0.2, 0.25) is 0 Å². The third-order valence-corrected chi connectivity index (χ3v) is 2.91. The summed E-state index contributed by atoms with van der Waals surface area (Å²) in [6, 6.07) is 10.0. The van der Waals surface area contributed by atoms with Crippen LogP contribution in [0.5, 0.6) is 0 Å². The van der Waals surface area contributed by atoms with Crippen LogP contribution in [-0.2, 0) is 9.78 Å². The maximum Gasteiger partial charge on any atom is 0.108 e. The second kappa shape index (κ2) is 7.80. The lowest BCUT2D eigenvalue weighted by atomic mass is 9.94. The van der Waals surface area contributed by atoms with Gasteiger partial charge in [-0.25, -0.2) is 9.78 Å². The summed E-state index contributed by atoms with van der Waals surface area (Å²) in [7, 11) is 1.51. The Balaban J connectivity index is 2.82. The van der Waals surface area contributed by atoms with Crippen LogP contribution < -0.4 is 0 Å². The van der Waals surface area contributed by atoms with Crippen molar-refractivity contribution in [2.24, 2.45) is 4.99 Å². The van der Waals surface area contributed by atoms with Gasteiger partial charge in [0.15, 0.2) is 0 Å². The summed E-state index contributed by atoms with van der Waals surface area (Å²) >= 11 is 0. The van der Waals surface area contributed by atoms with Crippen LogP contribution >= 0.6 is 0 Å². The second-order valence-electron chi connectivity index (χ2n) is 4.17. The predicted octanol–water partition coefficient (Wildman–Crippen LogP) is 3.41. The Kier molecular flexibility index (Phi) is 6.33. The molecule has 1 rings (SSSR count). The summed E-state index contributed by atoms with van der Waals surface area (Å²) in [5.74, 6) is 0. The first-order valence-electron chi connectivity index (χ1n) is 6.13. The Morgan fingerprint density at radius 2 is 2.06 bits per heavy atom. The van der Waals surface area contributed by atoms with Gasteiger partial charge in [0.1, 0.15) is 6.61 Å². The topological polar surface area (TPSA) is 30.8 Å². The van der Waals surface area contributed by atoms with Gasteiger partial charge in [-0.05, 0) is 18.4 Å². The van der Waals surface area contributed by atoms with Gasteiger partial charge < -0.3 is 0 Å². The predicted molar refractivity (Wildman–Crippen MR) is 74.8 cm³/mol. The van der Waals surface area contributed by atoms with Crippen LogP contribution in [0.4, 0.5) is 0 Å². The first-order valence-corrected chi connectivity index (χ1v) is 6.13. The Bertz CT molecular complexity index is 375. The van der Waals surface area contributed by atoms with Gasteiger partial charge in [0.25, 0.3) is 0 Å². The largest absolute Gasteiger partial charge is 0.283 e. The summed E-state index contributed by atoms with van der Waals surface area (Å²) in [6.45, 7) is 6.30. The standard InChI is InChI=1S/C15H21NO2/c1-4-11-15(5-2,13-18-17-3)16-12-14-9-7-6-8-10-14/h4,6-10,12H,1,5,11,13H2,2-3H3. The van der Waals surface area contributed by atoms with Gasteiger partial charge in [0, 0.05) is 6.21 Å². The molecule has 1 aromatic carbocycles. The van der Waals surface area contributed by atoms with Gasteiger partial charge in [-0.2, -0.15) is 0 Å². The number of hydrogen-bond acceptors (Lipinski definition) is 3. The van der Waals surface area contributed by atoms with Crippen molar-refractivity contribution in [2.75, 3.05) is 13.7 Å². The van der Waals surface area contributed by atoms with E-state index in [2.05, 4.69) is 23.4 Å². The van der Waals surface area contributed by atoms with E-state index < -0.39 is 0 Å². The van der Waals surface area contributed by atoms with E-state index in [1.54, 1.807) is 0 Å². The smallest absolute Gasteiger partial charge is 0.108 e. The Labute approximate surface area is 109 Å². The van der Waals surface area contributed by atoms with Crippen LogP contribution in [0.1, 0.15) is 25.3 Å². The third-order valence-electron chi connectivity index (χ3n) is 2.91. The average molecular weight is 247 g/mol. The van der Waals surface area contributed by atoms with Crippen molar-refractivity contribution < 1.29 is 9.78 Å². The molecule has 0 saturated heterocycles. The number of aliphatic imine (C=N–C) groups is 1. The van der Waals surface area contributed by atoms with Crippen molar-refractivity contribution in [1.82, 2.24) is 0 Å². The Morgan fingerprint density at radius 3 is 2.61 bits per heavy atom. The lowest BCUT2D eigenvalue weighted by Gasteiger charge is -2.26. The van der Waals surface area contributed by atoms with Crippen LogP contribution in [0, 0.1) is 0 Å². The van der Waals surface area contributed by atoms with Gasteiger partial charge in [-0.3, -0.25) is 4.99 Å². The molecule has 1 atom stereocenters. The molecule has 3 heteroatoms. The van der Waals surface area contributed by atoms with Crippen molar-refractivity contribution in [3.05, 3.63) is 48.6 Å². The van der Waals surface area contributed by atoms with E-state index in [-0.39, 0.29) is 5.54 Å². The highest BCUT2D eigenvalue weighted by Crippen LogP contribution is 2.22. The molecule has 0 fully saturated rings. The quantitative estimate of drug-likeness (QED) is 0.305. The lowest BCUT2D eigenvalue weighted by molar-refractivity contribution is -0.281. The third kappa shape index (κ3) is 4.43. The molecule has 98 valence electrons. The second-order valence-corrected chi connectivity index (χ2v) is 4.17. The van der Waals surface area contributed by atoms with E-state index >= 15 is 0 Å². The number of hydrogen-bond donors (Lipinski definition) is 0. The van der Waals surface area contributed by atoms with Crippen molar-refractivity contribution in [1.29, 1.82) is 0 Å². The fourth-order valence-corrected chi connectivity index (χ4v) is 1.67. The Hall–Kier alpha value is -1.45. The highest BCUT2D eigenvalue weighted by Gasteiger charge is 2.26. The number of rotatable bonds is 8. The minimum Gasteiger partial charge on any atom is -0.283 e. The van der Waals surface area contributed by atoms with E-state index in [1.165, 1.54) is 7.11 Å². The van der Waals surface area contributed by atoms with Crippen molar-refractivity contribution in [3.63, 3.8) is 0 Å². The SMILES string of the molecule is C=CCC(CC)(COOC)N=Cc1ccccc1. The molecule has 3 nitrogen and oxygen atoms in total. The molecular formula is C15H21NO2. The zero-order chi connectivity index (χ0) is 13.3. The summed E-state index contributed by atoms with van der Waals surface area (Å²) in [6.07, 6.45) is 5.37. The van der Waals surface area contributed by atoms with Crippen molar-refractivity contribution in [2.45, 2.75) is 25.3 Å². The van der Waals surface area contributed by atoms with Crippen LogP contribution in [0.15, 0.2) is 48.0 Å². The molecule has 0 bridgehead atoms. The molecule has 0 spiro atoms. The number of benzene rings is 1. The zero-order valence-electron chi connectivity index (χ0n) is 11.1. The van der Waals surface area contributed by atoms with Crippen molar-refractivity contribution in [3.8, 4) is 0 Å². The van der Waals surface area contributed by atoms with E-state index in [9.17, 15) is 0 Å². The zero-order valence-corrected chi connectivity index (χ0v) is 11.1. The summed E-state index contributed by atoms with van der Waals surface area (Å²) in [5.41, 5.74) is 0.782. The fraction of sp³-hybridized carbons (Fsp3) is 0.400. The first-order chi connectivity index (χ1) is 8.76. The summed E-state index contributed by atoms with van der Waals surface area (Å²) in [5, 5.41) is 0. The van der Waals surface area contributed by atoms with Gasteiger partial charge in [0.05, 0.1) is 12.6 Å². The molecule has 0 aliphatic carbocycles. The maximum absolute atomic E-state index is 5.07. The molecule has 1 unspecified atom stereocenters. The van der Waals surface area contributed by atoms with E-state index in [0.29, 0.717) is 6.61 Å². The summed E-state index contributed by atoms with van der Waals surface area (Å²) in [4.78, 5) is 14.4. The van der Waals surface area contributed by atoms with Crippen molar-refractivity contribution >= 4 is 6.21 Å². The van der Waals surface area contributed by atoms with Crippen LogP contribution in [0.25, 0.3) is 0 Å². The lowest BCUT2D eigenvalue weighted by Crippen LogP contribution is -2.31. The average Bonchev–Trinajstić information content (AvgIpc) is 2.43. The minimum atomic E-state index is -0.298. The monoisotopic (exact) mass is 247 g/mol. The molecule has 0 heterocycles. The number of nitrogens with zero attached hydrogens (tertiary/aromatic N) is 1. The fourth-order valence-electron chi connectivity index (χ4n) is 1.67. The molecule has 0 aliphatic heterocycles. The molecule has 18 heavy (non-hydrogen) atoms.